The fraction of sp³-hybridized carbons (Fsp3) is 0.409. The van der Waals surface area contributed by atoms with Gasteiger partial charge in [-0.25, -0.2) is 22.8 Å². The molecule has 0 saturated heterocycles. The molecule has 3 N–H and O–H groups in total. The molecule has 0 aromatic carbocycles. The molecule has 4 heterocycles. The summed E-state index contributed by atoms with van der Waals surface area (Å²) in [5.41, 5.74) is 2.94. The van der Waals surface area contributed by atoms with Gasteiger partial charge in [0.05, 0.1) is 24.0 Å². The lowest BCUT2D eigenvalue weighted by Gasteiger charge is -2.15. The number of imidazole rings is 1. The van der Waals surface area contributed by atoms with Crippen molar-refractivity contribution in [2.75, 3.05) is 17.7 Å². The van der Waals surface area contributed by atoms with Crippen LogP contribution in [0.1, 0.15) is 31.9 Å². The van der Waals surface area contributed by atoms with Gasteiger partial charge in [-0.3, -0.25) is 4.79 Å². The first-order valence-electron chi connectivity index (χ1n) is 11.1. The Morgan fingerprint density at radius 3 is 2.79 bits per heavy atom. The number of anilines is 2. The van der Waals surface area contributed by atoms with Gasteiger partial charge in [-0.1, -0.05) is 0 Å². The van der Waals surface area contributed by atoms with E-state index in [9.17, 15) is 13.6 Å². The van der Waals surface area contributed by atoms with Crippen molar-refractivity contribution in [2.45, 2.75) is 51.1 Å². The van der Waals surface area contributed by atoms with Gasteiger partial charge in [0.1, 0.15) is 5.52 Å². The lowest BCUT2D eigenvalue weighted by atomic mass is 10.2. The summed E-state index contributed by atoms with van der Waals surface area (Å²) >= 11 is 0. The Kier molecular flexibility index (Phi) is 5.72. The molecule has 1 aliphatic carbocycles. The minimum Gasteiger partial charge on any atom is -0.371 e. The number of carbonyl (C=O) groups is 1. The summed E-state index contributed by atoms with van der Waals surface area (Å²) in [5.74, 6) is 1.06. The summed E-state index contributed by atoms with van der Waals surface area (Å²) < 4.78 is 29.1. The van der Waals surface area contributed by atoms with Crippen molar-refractivity contribution in [1.29, 1.82) is 0 Å². The number of nitrogens with zero attached hydrogens (tertiary/aromatic N) is 6. The largest absolute Gasteiger partial charge is 0.371 e. The van der Waals surface area contributed by atoms with E-state index in [1.54, 1.807) is 23.7 Å². The van der Waals surface area contributed by atoms with Crippen LogP contribution in [-0.2, 0) is 11.2 Å². The van der Waals surface area contributed by atoms with E-state index in [2.05, 4.69) is 36.1 Å². The second kappa shape index (κ2) is 8.84. The monoisotopic (exact) mass is 469 g/mol. The normalized spacial score (nSPS) is 18.1. The Morgan fingerprint density at radius 2 is 2.03 bits per heavy atom. The molecule has 10 nitrogen and oxygen atoms in total. The predicted octanol–water partition coefficient (Wildman–Crippen LogP) is 2.76. The molecule has 4 aromatic heterocycles. The number of hydrogen-bond acceptors (Lipinski definition) is 7. The molecule has 12 heteroatoms. The van der Waals surface area contributed by atoms with Gasteiger partial charge in [-0.05, 0) is 37.5 Å². The zero-order valence-corrected chi connectivity index (χ0v) is 18.8. The van der Waals surface area contributed by atoms with Crippen molar-refractivity contribution in [3.05, 3.63) is 36.3 Å². The van der Waals surface area contributed by atoms with E-state index >= 15 is 0 Å². The standard InChI is InChI=1S/C22H25F2N9O/c1-12(34)27-13-3-4-14(9-13)28-22-29-21(25-2)20-16(7-8-32(20)31-22)17-5-6-19-26-11-15(10-18(23)24)33(19)30-17/h5-8,11,13-14,18H,3-4,9-10H2,1-2H3,(H,27,34)(H2,25,28,29,31)/t13?,14-/m0/s1. The first kappa shape index (κ1) is 22.0. The van der Waals surface area contributed by atoms with Crippen LogP contribution in [0.4, 0.5) is 20.5 Å². The molecule has 0 spiro atoms. The van der Waals surface area contributed by atoms with Crippen LogP contribution in [-0.4, -0.2) is 60.7 Å². The smallest absolute Gasteiger partial charge is 0.244 e. The van der Waals surface area contributed by atoms with E-state index in [1.165, 1.54) is 17.6 Å². The summed E-state index contributed by atoms with van der Waals surface area (Å²) in [4.78, 5) is 20.1. The van der Waals surface area contributed by atoms with Crippen LogP contribution in [0, 0.1) is 0 Å². The maximum absolute atomic E-state index is 12.9. The van der Waals surface area contributed by atoms with Gasteiger partial charge >= 0.3 is 0 Å². The van der Waals surface area contributed by atoms with Crippen LogP contribution in [0.5, 0.6) is 0 Å². The number of amides is 1. The number of nitrogens with one attached hydrogen (secondary N) is 3. The van der Waals surface area contributed by atoms with Gasteiger partial charge in [0.15, 0.2) is 11.5 Å². The lowest BCUT2D eigenvalue weighted by Crippen LogP contribution is -2.32. The zero-order chi connectivity index (χ0) is 23.8. The van der Waals surface area contributed by atoms with E-state index in [1.807, 2.05) is 12.3 Å². The summed E-state index contributed by atoms with van der Waals surface area (Å²) in [6, 6.07) is 5.74. The average Bonchev–Trinajstić information content (AvgIpc) is 3.51. The molecule has 178 valence electrons. The van der Waals surface area contributed by atoms with Gasteiger partial charge in [0.25, 0.3) is 0 Å². The Balaban J connectivity index is 1.46. The summed E-state index contributed by atoms with van der Waals surface area (Å²) in [6.45, 7) is 1.53. The number of alkyl halides is 2. The molecular formula is C22H25F2N9O. The molecule has 34 heavy (non-hydrogen) atoms. The molecule has 0 radical (unpaired) electrons. The molecule has 1 aliphatic rings. The van der Waals surface area contributed by atoms with Crippen molar-refractivity contribution in [3.8, 4) is 11.3 Å². The van der Waals surface area contributed by atoms with Gasteiger partial charge in [0.2, 0.25) is 18.3 Å². The molecule has 1 fully saturated rings. The number of fused-ring (bicyclic) bond motifs is 2. The van der Waals surface area contributed by atoms with Crippen molar-refractivity contribution in [3.63, 3.8) is 0 Å². The van der Waals surface area contributed by atoms with Crippen LogP contribution in [0.15, 0.2) is 30.6 Å². The Bertz CT molecular complexity index is 1350. The van der Waals surface area contributed by atoms with E-state index in [-0.39, 0.29) is 18.0 Å². The predicted molar refractivity (Wildman–Crippen MR) is 123 cm³/mol. The maximum Gasteiger partial charge on any atom is 0.244 e. The number of hydrogen-bond donors (Lipinski definition) is 3. The first-order valence-corrected chi connectivity index (χ1v) is 11.1. The highest BCUT2D eigenvalue weighted by atomic mass is 19.3. The van der Waals surface area contributed by atoms with Gasteiger partial charge in [-0.15, -0.1) is 5.10 Å². The zero-order valence-electron chi connectivity index (χ0n) is 18.8. The molecule has 1 unspecified atom stereocenters. The van der Waals surface area contributed by atoms with E-state index in [4.69, 9.17) is 0 Å². The SMILES string of the molecule is CNc1nc(N[C@H]2CCC(NC(C)=O)C2)nn2ccc(-c3ccc4ncc(CC(F)F)n4n3)c12. The minimum atomic E-state index is -2.48. The molecule has 0 aliphatic heterocycles. The van der Waals surface area contributed by atoms with Crippen LogP contribution >= 0.6 is 0 Å². The second-order valence-electron chi connectivity index (χ2n) is 8.44. The van der Waals surface area contributed by atoms with E-state index in [0.717, 1.165) is 30.3 Å². The third-order valence-electron chi connectivity index (χ3n) is 5.99. The Morgan fingerprint density at radius 1 is 1.21 bits per heavy atom. The van der Waals surface area contributed by atoms with Gasteiger partial charge < -0.3 is 16.0 Å². The average molecular weight is 470 g/mol. The fourth-order valence-corrected chi connectivity index (χ4v) is 4.54. The molecule has 0 bridgehead atoms. The number of halogens is 2. The number of aromatic nitrogens is 6. The lowest BCUT2D eigenvalue weighted by molar-refractivity contribution is -0.119. The quantitative estimate of drug-likeness (QED) is 0.381. The molecule has 1 amide bonds. The summed E-state index contributed by atoms with van der Waals surface area (Å²) in [6.07, 6.45) is 2.96. The third kappa shape index (κ3) is 4.22. The van der Waals surface area contributed by atoms with E-state index < -0.39 is 12.8 Å². The van der Waals surface area contributed by atoms with Crippen LogP contribution < -0.4 is 16.0 Å². The first-order chi connectivity index (χ1) is 16.4. The highest BCUT2D eigenvalue weighted by Crippen LogP contribution is 2.30. The van der Waals surface area contributed by atoms with Crippen molar-refractivity contribution >= 4 is 28.8 Å². The minimum absolute atomic E-state index is 0.0236. The van der Waals surface area contributed by atoms with Crippen LogP contribution in [0.25, 0.3) is 22.4 Å². The molecule has 2 atom stereocenters. The van der Waals surface area contributed by atoms with Crippen molar-refractivity contribution < 1.29 is 13.6 Å². The van der Waals surface area contributed by atoms with Gasteiger partial charge in [0, 0.05) is 37.8 Å². The number of carbonyl (C=O) groups excluding carboxylic acids is 1. The maximum atomic E-state index is 12.9. The topological polar surface area (TPSA) is 114 Å². The second-order valence-corrected chi connectivity index (χ2v) is 8.44. The highest BCUT2D eigenvalue weighted by molar-refractivity contribution is 5.87. The highest BCUT2D eigenvalue weighted by Gasteiger charge is 2.26. The van der Waals surface area contributed by atoms with Crippen LogP contribution in [0.3, 0.4) is 0 Å². The molecule has 5 rings (SSSR count). The van der Waals surface area contributed by atoms with E-state index in [0.29, 0.717) is 28.8 Å². The van der Waals surface area contributed by atoms with Crippen LogP contribution in [0.2, 0.25) is 0 Å². The third-order valence-corrected chi connectivity index (χ3v) is 5.99. The Hall–Kier alpha value is -3.83. The fourth-order valence-electron chi connectivity index (χ4n) is 4.54. The Labute approximate surface area is 193 Å². The van der Waals surface area contributed by atoms with Gasteiger partial charge in [-0.2, -0.15) is 10.1 Å². The molecular weight excluding hydrogens is 444 g/mol. The molecule has 4 aromatic rings. The number of rotatable bonds is 7. The van der Waals surface area contributed by atoms with Crippen molar-refractivity contribution in [1.82, 2.24) is 34.5 Å². The van der Waals surface area contributed by atoms with Crippen molar-refractivity contribution in [2.24, 2.45) is 0 Å². The molecule has 1 saturated carbocycles. The summed E-state index contributed by atoms with van der Waals surface area (Å²) in [5, 5.41) is 18.6. The summed E-state index contributed by atoms with van der Waals surface area (Å²) in [7, 11) is 1.78.